The monoisotopic (exact) mass is 382 g/mol. The van der Waals surface area contributed by atoms with Crippen LogP contribution in [0.1, 0.15) is 43.2 Å². The van der Waals surface area contributed by atoms with E-state index in [0.29, 0.717) is 0 Å². The second kappa shape index (κ2) is 5.90. The van der Waals surface area contributed by atoms with E-state index in [1.165, 1.54) is 49.4 Å². The number of pyridine rings is 1. The van der Waals surface area contributed by atoms with E-state index < -0.39 is 8.07 Å². The standard InChI is InChI=1S/C26H28NSi/c1-18-14-15-22-21-12-6-7-13-23(21)28(20-10-4-3-5-11-20)17-19-9-8-16-27(2)25(19)24(18)26(22)28/h6-9,12-16,20H,3-5,10-11,17H2,1-2H3/q+1. The maximum atomic E-state index is 2.50. The number of benzene rings is 2. The van der Waals surface area contributed by atoms with Crippen molar-refractivity contribution in [3.63, 3.8) is 0 Å². The summed E-state index contributed by atoms with van der Waals surface area (Å²) in [5.41, 5.74) is 10.1. The maximum Gasteiger partial charge on any atom is 0.215 e. The molecule has 1 aromatic heterocycles. The molecule has 0 bridgehead atoms. The van der Waals surface area contributed by atoms with Crippen molar-refractivity contribution < 1.29 is 4.57 Å². The zero-order valence-corrected chi connectivity index (χ0v) is 18.0. The SMILES string of the molecule is Cc1ccc2c3c1-c1c(ccc[n+]1C)C[Si]3(C1CCCCC1)c1ccccc1-2. The highest BCUT2D eigenvalue weighted by Gasteiger charge is 2.55. The Balaban J connectivity index is 1.76. The van der Waals surface area contributed by atoms with E-state index in [0.717, 1.165) is 5.54 Å². The number of nitrogens with zero attached hydrogens (tertiary/aromatic N) is 1. The Morgan fingerprint density at radius 2 is 1.71 bits per heavy atom. The predicted octanol–water partition coefficient (Wildman–Crippen LogP) is 4.46. The van der Waals surface area contributed by atoms with Crippen LogP contribution in [-0.2, 0) is 13.1 Å². The molecule has 2 heteroatoms. The van der Waals surface area contributed by atoms with Gasteiger partial charge in [0.05, 0.1) is 0 Å². The molecule has 2 aliphatic heterocycles. The molecular formula is C26H28NSi+. The minimum atomic E-state index is -1.82. The lowest BCUT2D eigenvalue weighted by Crippen LogP contribution is -2.64. The first kappa shape index (κ1) is 16.7. The van der Waals surface area contributed by atoms with Crippen LogP contribution in [-0.4, -0.2) is 8.07 Å². The first-order valence-electron chi connectivity index (χ1n) is 10.9. The molecule has 1 atom stereocenters. The third kappa shape index (κ3) is 1.99. The molecule has 0 amide bonds. The molecular weight excluding hydrogens is 354 g/mol. The van der Waals surface area contributed by atoms with Crippen LogP contribution in [0.4, 0.5) is 0 Å². The molecule has 3 aliphatic rings. The molecule has 1 unspecified atom stereocenters. The number of aromatic nitrogens is 1. The predicted molar refractivity (Wildman–Crippen MR) is 119 cm³/mol. The molecule has 1 fully saturated rings. The van der Waals surface area contributed by atoms with Gasteiger partial charge in [0.25, 0.3) is 0 Å². The summed E-state index contributed by atoms with van der Waals surface area (Å²) < 4.78 is 2.38. The van der Waals surface area contributed by atoms with Crippen LogP contribution < -0.4 is 14.9 Å². The van der Waals surface area contributed by atoms with Crippen molar-refractivity contribution >= 4 is 18.4 Å². The summed E-state index contributed by atoms with van der Waals surface area (Å²) in [6.07, 6.45) is 9.38. The molecule has 1 saturated carbocycles. The average Bonchev–Trinajstić information content (AvgIpc) is 3.02. The zero-order valence-electron chi connectivity index (χ0n) is 17.0. The van der Waals surface area contributed by atoms with Crippen LogP contribution in [0.15, 0.2) is 54.7 Å². The van der Waals surface area contributed by atoms with Gasteiger partial charge in [0.1, 0.15) is 15.1 Å². The Kier molecular flexibility index (Phi) is 3.53. The van der Waals surface area contributed by atoms with Crippen molar-refractivity contribution in [2.75, 3.05) is 0 Å². The molecule has 0 radical (unpaired) electrons. The van der Waals surface area contributed by atoms with Crippen molar-refractivity contribution in [2.45, 2.75) is 50.6 Å². The molecule has 28 heavy (non-hydrogen) atoms. The summed E-state index contributed by atoms with van der Waals surface area (Å²) in [5, 5.41) is 3.52. The lowest BCUT2D eigenvalue weighted by atomic mass is 9.95. The summed E-state index contributed by atoms with van der Waals surface area (Å²) >= 11 is 0. The van der Waals surface area contributed by atoms with Gasteiger partial charge in [0.15, 0.2) is 6.20 Å². The first-order valence-corrected chi connectivity index (χ1v) is 13.2. The molecule has 1 nitrogen and oxygen atoms in total. The molecule has 6 rings (SSSR count). The number of aryl methyl sites for hydroxylation is 2. The Morgan fingerprint density at radius 1 is 0.893 bits per heavy atom. The fourth-order valence-electron chi connectivity index (χ4n) is 6.74. The fraction of sp³-hybridized carbons (Fsp3) is 0.346. The molecule has 0 spiro atoms. The summed E-state index contributed by atoms with van der Waals surface area (Å²) in [5.74, 6) is 0. The molecule has 140 valence electrons. The highest BCUT2D eigenvalue weighted by Crippen LogP contribution is 2.48. The molecule has 3 heterocycles. The molecule has 2 aromatic carbocycles. The van der Waals surface area contributed by atoms with Crippen molar-refractivity contribution in [3.8, 4) is 22.4 Å². The second-order valence-electron chi connectivity index (χ2n) is 9.20. The minimum Gasteiger partial charge on any atom is -0.201 e. The van der Waals surface area contributed by atoms with Crippen LogP contribution in [0, 0.1) is 6.92 Å². The minimum absolute atomic E-state index is 0.892. The summed E-state index contributed by atoms with van der Waals surface area (Å²) in [6, 6.07) is 20.2. The number of fused-ring (bicyclic) bond motifs is 5. The van der Waals surface area contributed by atoms with E-state index in [9.17, 15) is 0 Å². The van der Waals surface area contributed by atoms with E-state index in [2.05, 4.69) is 73.3 Å². The Morgan fingerprint density at radius 3 is 2.57 bits per heavy atom. The molecule has 0 saturated heterocycles. The number of hydrogen-bond acceptors (Lipinski definition) is 0. The van der Waals surface area contributed by atoms with Crippen LogP contribution in [0.3, 0.4) is 0 Å². The van der Waals surface area contributed by atoms with Gasteiger partial charge in [-0.15, -0.1) is 0 Å². The van der Waals surface area contributed by atoms with Crippen molar-refractivity contribution in [3.05, 3.63) is 65.9 Å². The van der Waals surface area contributed by atoms with Gasteiger partial charge in [-0.25, -0.2) is 4.57 Å². The smallest absolute Gasteiger partial charge is 0.201 e. The Labute approximate surface area is 169 Å². The first-order chi connectivity index (χ1) is 13.7. The normalized spacial score (nSPS) is 22.5. The molecule has 1 aliphatic carbocycles. The average molecular weight is 383 g/mol. The van der Waals surface area contributed by atoms with Gasteiger partial charge in [-0.05, 0) is 51.6 Å². The van der Waals surface area contributed by atoms with Crippen LogP contribution >= 0.6 is 0 Å². The Hall–Kier alpha value is -2.19. The van der Waals surface area contributed by atoms with Crippen molar-refractivity contribution in [2.24, 2.45) is 7.05 Å². The topological polar surface area (TPSA) is 3.88 Å². The van der Waals surface area contributed by atoms with E-state index >= 15 is 0 Å². The van der Waals surface area contributed by atoms with E-state index in [4.69, 9.17) is 0 Å². The summed E-state index contributed by atoms with van der Waals surface area (Å²) in [7, 11) is 0.408. The van der Waals surface area contributed by atoms with Gasteiger partial charge < -0.3 is 0 Å². The Bertz CT molecular complexity index is 1110. The highest BCUT2D eigenvalue weighted by molar-refractivity contribution is 7.07. The largest absolute Gasteiger partial charge is 0.215 e. The van der Waals surface area contributed by atoms with Gasteiger partial charge in [0.2, 0.25) is 5.69 Å². The quantitative estimate of drug-likeness (QED) is 0.432. The lowest BCUT2D eigenvalue weighted by molar-refractivity contribution is -0.660. The van der Waals surface area contributed by atoms with Gasteiger partial charge in [-0.1, -0.05) is 68.5 Å². The van der Waals surface area contributed by atoms with E-state index in [-0.39, 0.29) is 0 Å². The van der Waals surface area contributed by atoms with E-state index in [1.807, 2.05) is 0 Å². The van der Waals surface area contributed by atoms with Gasteiger partial charge in [-0.3, -0.25) is 0 Å². The van der Waals surface area contributed by atoms with Crippen LogP contribution in [0.25, 0.3) is 22.4 Å². The number of hydrogen-bond donors (Lipinski definition) is 0. The second-order valence-corrected chi connectivity index (χ2v) is 13.4. The lowest BCUT2D eigenvalue weighted by Gasteiger charge is -2.43. The molecule has 3 aromatic rings. The number of rotatable bonds is 1. The third-order valence-corrected chi connectivity index (χ3v) is 13.5. The zero-order chi connectivity index (χ0) is 18.9. The van der Waals surface area contributed by atoms with E-state index in [1.54, 1.807) is 32.6 Å². The summed E-state index contributed by atoms with van der Waals surface area (Å²) in [6.45, 7) is 2.33. The van der Waals surface area contributed by atoms with Gasteiger partial charge in [-0.2, -0.15) is 0 Å². The van der Waals surface area contributed by atoms with Crippen LogP contribution in [0.5, 0.6) is 0 Å². The maximum absolute atomic E-state index is 2.50. The molecule has 0 N–H and O–H groups in total. The summed E-state index contributed by atoms with van der Waals surface area (Å²) in [4.78, 5) is 0. The van der Waals surface area contributed by atoms with Crippen LogP contribution in [0.2, 0.25) is 5.54 Å². The highest BCUT2D eigenvalue weighted by atomic mass is 28.3. The van der Waals surface area contributed by atoms with Crippen molar-refractivity contribution in [1.82, 2.24) is 0 Å². The fourth-order valence-corrected chi connectivity index (χ4v) is 13.3. The van der Waals surface area contributed by atoms with Crippen molar-refractivity contribution in [1.29, 1.82) is 0 Å². The van der Waals surface area contributed by atoms with Gasteiger partial charge in [0, 0.05) is 17.2 Å². The van der Waals surface area contributed by atoms with Gasteiger partial charge >= 0.3 is 0 Å². The third-order valence-electron chi connectivity index (χ3n) is 7.83.